The molecule has 0 radical (unpaired) electrons. The number of hydrogen-bond donors (Lipinski definition) is 1. The van der Waals surface area contributed by atoms with Gasteiger partial charge >= 0.3 is 0 Å². The normalized spacial score (nSPS) is 15.1. The van der Waals surface area contributed by atoms with Gasteiger partial charge in [0.2, 0.25) is 11.8 Å². The molecule has 184 valence electrons. The summed E-state index contributed by atoms with van der Waals surface area (Å²) in [7, 11) is 0. The summed E-state index contributed by atoms with van der Waals surface area (Å²) in [6.45, 7) is 2.15. The van der Waals surface area contributed by atoms with Crippen LogP contribution in [0.1, 0.15) is 56.6 Å². The van der Waals surface area contributed by atoms with Gasteiger partial charge < -0.3 is 10.2 Å². The van der Waals surface area contributed by atoms with E-state index >= 15 is 0 Å². The maximum absolute atomic E-state index is 13.4. The summed E-state index contributed by atoms with van der Waals surface area (Å²) < 4.78 is 13.4. The van der Waals surface area contributed by atoms with Crippen LogP contribution >= 0.6 is 35.0 Å². The molecule has 0 spiro atoms. The number of rotatable bonds is 10. The molecule has 1 unspecified atom stereocenters. The van der Waals surface area contributed by atoms with Crippen LogP contribution in [0.25, 0.3) is 0 Å². The van der Waals surface area contributed by atoms with Gasteiger partial charge in [0.05, 0.1) is 5.75 Å². The average molecular weight is 526 g/mol. The minimum Gasteiger partial charge on any atom is -0.352 e. The fraction of sp³-hybridized carbons (Fsp3) is 0.462. The van der Waals surface area contributed by atoms with Crippen molar-refractivity contribution in [1.82, 2.24) is 10.2 Å². The van der Waals surface area contributed by atoms with E-state index in [0.717, 1.165) is 36.8 Å². The maximum atomic E-state index is 13.4. The fourth-order valence-electron chi connectivity index (χ4n) is 4.24. The van der Waals surface area contributed by atoms with E-state index < -0.39 is 6.04 Å². The molecular formula is C26H31Cl2FN2O2S. The lowest BCUT2D eigenvalue weighted by Crippen LogP contribution is -2.52. The number of carbonyl (C=O) groups is 2. The highest BCUT2D eigenvalue weighted by molar-refractivity contribution is 7.99. The van der Waals surface area contributed by atoms with Crippen molar-refractivity contribution >= 4 is 46.8 Å². The van der Waals surface area contributed by atoms with Crippen LogP contribution in [0.5, 0.6) is 0 Å². The Balaban J connectivity index is 1.72. The Morgan fingerprint density at radius 2 is 1.74 bits per heavy atom. The zero-order chi connectivity index (χ0) is 24.5. The van der Waals surface area contributed by atoms with Gasteiger partial charge in [0, 0.05) is 28.4 Å². The van der Waals surface area contributed by atoms with E-state index in [2.05, 4.69) is 5.32 Å². The Morgan fingerprint density at radius 1 is 1.09 bits per heavy atom. The number of nitrogens with zero attached hydrogens (tertiary/aromatic N) is 1. The van der Waals surface area contributed by atoms with Crippen LogP contribution in [0, 0.1) is 5.82 Å². The topological polar surface area (TPSA) is 49.4 Å². The van der Waals surface area contributed by atoms with Gasteiger partial charge in [-0.3, -0.25) is 9.59 Å². The SMILES string of the molecule is CCC(C(=O)NC1CCCCC1)N(Cc1ccc(F)cc1)C(=O)CSCc1c(Cl)cccc1Cl. The van der Waals surface area contributed by atoms with Crippen molar-refractivity contribution in [1.29, 1.82) is 0 Å². The molecule has 2 aromatic rings. The molecule has 34 heavy (non-hydrogen) atoms. The standard InChI is InChI=1S/C26H31Cl2FN2O2S/c1-2-24(26(33)30-20-7-4-3-5-8-20)31(15-18-11-13-19(29)14-12-18)25(32)17-34-16-21-22(27)9-6-10-23(21)28/h6,9-14,20,24H,2-5,7-8,15-17H2,1H3,(H,30,33). The lowest BCUT2D eigenvalue weighted by Gasteiger charge is -2.32. The second-order valence-electron chi connectivity index (χ2n) is 8.61. The molecule has 8 heteroatoms. The first-order chi connectivity index (χ1) is 16.4. The highest BCUT2D eigenvalue weighted by atomic mass is 35.5. The maximum Gasteiger partial charge on any atom is 0.243 e. The molecule has 0 heterocycles. The smallest absolute Gasteiger partial charge is 0.243 e. The van der Waals surface area contributed by atoms with E-state index in [1.54, 1.807) is 35.2 Å². The first-order valence-electron chi connectivity index (χ1n) is 11.7. The molecular weight excluding hydrogens is 494 g/mol. The van der Waals surface area contributed by atoms with Gasteiger partial charge in [-0.1, -0.05) is 67.6 Å². The number of amides is 2. The third-order valence-electron chi connectivity index (χ3n) is 6.14. The van der Waals surface area contributed by atoms with E-state index in [9.17, 15) is 14.0 Å². The van der Waals surface area contributed by atoms with E-state index in [4.69, 9.17) is 23.2 Å². The van der Waals surface area contributed by atoms with E-state index in [1.807, 2.05) is 6.92 Å². The number of carbonyl (C=O) groups excluding carboxylic acids is 2. The fourth-order valence-corrected chi connectivity index (χ4v) is 5.89. The van der Waals surface area contributed by atoms with Crippen LogP contribution in [-0.4, -0.2) is 34.6 Å². The molecule has 0 saturated heterocycles. The number of thioether (sulfide) groups is 1. The Morgan fingerprint density at radius 3 is 2.35 bits per heavy atom. The summed E-state index contributed by atoms with van der Waals surface area (Å²) in [6.07, 6.45) is 5.87. The summed E-state index contributed by atoms with van der Waals surface area (Å²) in [6, 6.07) is 10.9. The van der Waals surface area contributed by atoms with Gasteiger partial charge in [-0.2, -0.15) is 0 Å². The third-order valence-corrected chi connectivity index (χ3v) is 7.79. The minimum absolute atomic E-state index is 0.121. The highest BCUT2D eigenvalue weighted by Crippen LogP contribution is 2.28. The summed E-state index contributed by atoms with van der Waals surface area (Å²) in [5, 5.41) is 4.29. The molecule has 4 nitrogen and oxygen atoms in total. The molecule has 0 aliphatic heterocycles. The van der Waals surface area contributed by atoms with Crippen LogP contribution in [-0.2, 0) is 21.9 Å². The molecule has 1 atom stereocenters. The van der Waals surface area contributed by atoms with Crippen molar-refractivity contribution in [3.63, 3.8) is 0 Å². The Labute approximate surface area is 215 Å². The Hall–Kier alpha value is -1.76. The van der Waals surface area contributed by atoms with Crippen LogP contribution in [0.3, 0.4) is 0 Å². The van der Waals surface area contributed by atoms with Gasteiger partial charge in [-0.15, -0.1) is 11.8 Å². The average Bonchev–Trinajstić information content (AvgIpc) is 2.82. The molecule has 0 aromatic heterocycles. The van der Waals surface area contributed by atoms with Crippen molar-refractivity contribution < 1.29 is 14.0 Å². The molecule has 1 fully saturated rings. The van der Waals surface area contributed by atoms with Crippen LogP contribution < -0.4 is 5.32 Å². The van der Waals surface area contributed by atoms with E-state index in [1.165, 1.54) is 30.3 Å². The van der Waals surface area contributed by atoms with E-state index in [0.29, 0.717) is 22.2 Å². The van der Waals surface area contributed by atoms with Gasteiger partial charge in [-0.25, -0.2) is 4.39 Å². The lowest BCUT2D eigenvalue weighted by molar-refractivity contribution is -0.139. The van der Waals surface area contributed by atoms with Crippen molar-refractivity contribution in [2.75, 3.05) is 5.75 Å². The number of benzene rings is 2. The molecule has 1 saturated carbocycles. The van der Waals surface area contributed by atoms with Gasteiger partial charge in [0.15, 0.2) is 0 Å². The first kappa shape index (κ1) is 26.8. The first-order valence-corrected chi connectivity index (χ1v) is 13.6. The summed E-state index contributed by atoms with van der Waals surface area (Å²) in [5.41, 5.74) is 1.56. The van der Waals surface area contributed by atoms with Crippen molar-refractivity contribution in [2.45, 2.75) is 69.8 Å². The number of nitrogens with one attached hydrogen (secondary N) is 1. The van der Waals surface area contributed by atoms with Gasteiger partial charge in [-0.05, 0) is 54.7 Å². The molecule has 0 bridgehead atoms. The highest BCUT2D eigenvalue weighted by Gasteiger charge is 2.30. The summed E-state index contributed by atoms with van der Waals surface area (Å²) in [5.74, 6) is 0.0541. The van der Waals surface area contributed by atoms with Gasteiger partial charge in [0.1, 0.15) is 11.9 Å². The number of hydrogen-bond acceptors (Lipinski definition) is 3. The molecule has 2 aromatic carbocycles. The van der Waals surface area contributed by atoms with Crippen LogP contribution in [0.2, 0.25) is 10.0 Å². The van der Waals surface area contributed by atoms with Crippen LogP contribution in [0.4, 0.5) is 4.39 Å². The molecule has 1 aliphatic carbocycles. The second kappa shape index (κ2) is 13.4. The van der Waals surface area contributed by atoms with Crippen molar-refractivity contribution in [3.8, 4) is 0 Å². The second-order valence-corrected chi connectivity index (χ2v) is 10.4. The Bertz CT molecular complexity index is 948. The predicted molar refractivity (Wildman–Crippen MR) is 139 cm³/mol. The zero-order valence-electron chi connectivity index (χ0n) is 19.4. The summed E-state index contributed by atoms with van der Waals surface area (Å²) >= 11 is 13.9. The quantitative estimate of drug-likeness (QED) is 0.379. The van der Waals surface area contributed by atoms with Gasteiger partial charge in [0.25, 0.3) is 0 Å². The number of halogens is 3. The van der Waals surface area contributed by atoms with Crippen molar-refractivity contribution in [3.05, 3.63) is 69.5 Å². The van der Waals surface area contributed by atoms with Crippen molar-refractivity contribution in [2.24, 2.45) is 0 Å². The lowest BCUT2D eigenvalue weighted by atomic mass is 9.95. The largest absolute Gasteiger partial charge is 0.352 e. The van der Waals surface area contributed by atoms with Crippen LogP contribution in [0.15, 0.2) is 42.5 Å². The molecule has 3 rings (SSSR count). The minimum atomic E-state index is -0.594. The zero-order valence-corrected chi connectivity index (χ0v) is 21.7. The Kier molecular flexibility index (Phi) is 10.5. The third kappa shape index (κ3) is 7.62. The molecule has 1 N–H and O–H groups in total. The summed E-state index contributed by atoms with van der Waals surface area (Å²) in [4.78, 5) is 28.2. The monoisotopic (exact) mass is 524 g/mol. The molecule has 1 aliphatic rings. The predicted octanol–water partition coefficient (Wildman–Crippen LogP) is 6.62. The van der Waals surface area contributed by atoms with E-state index in [-0.39, 0.29) is 36.0 Å². The molecule has 2 amide bonds.